The van der Waals surface area contributed by atoms with Gasteiger partial charge in [-0.2, -0.15) is 4.98 Å². The number of aromatic nitrogens is 3. The first-order valence-corrected chi connectivity index (χ1v) is 8.99. The topological polar surface area (TPSA) is 73.5 Å². The largest absolute Gasteiger partial charge is 0.493 e. The molecule has 27 heavy (non-hydrogen) atoms. The number of benzene rings is 1. The van der Waals surface area contributed by atoms with Crippen LogP contribution in [-0.4, -0.2) is 40.8 Å². The third kappa shape index (κ3) is 3.50. The van der Waals surface area contributed by atoms with Crippen molar-refractivity contribution in [2.75, 3.05) is 20.8 Å². The molecule has 0 amide bonds. The van der Waals surface area contributed by atoms with Gasteiger partial charge in [0.25, 0.3) is 0 Å². The van der Waals surface area contributed by atoms with Gasteiger partial charge in [0, 0.05) is 24.4 Å². The van der Waals surface area contributed by atoms with Crippen LogP contribution in [0.25, 0.3) is 11.4 Å². The Bertz CT molecular complexity index is 897. The summed E-state index contributed by atoms with van der Waals surface area (Å²) in [5.74, 6) is 2.62. The molecule has 0 aliphatic carbocycles. The number of methoxy groups -OCH3 is 2. The quantitative estimate of drug-likeness (QED) is 0.661. The van der Waals surface area contributed by atoms with E-state index in [1.807, 2.05) is 30.3 Å². The zero-order chi connectivity index (χ0) is 18.6. The number of nitrogens with zero attached hydrogens (tertiary/aromatic N) is 4. The SMILES string of the molecule is COc1ccnc(CN2CCC[C@H]2c2nc(-c3ccccc3)no2)c1OC. The van der Waals surface area contributed by atoms with Gasteiger partial charge in [-0.1, -0.05) is 35.5 Å². The minimum absolute atomic E-state index is 0.0765. The summed E-state index contributed by atoms with van der Waals surface area (Å²) in [6.45, 7) is 1.57. The van der Waals surface area contributed by atoms with E-state index in [-0.39, 0.29) is 6.04 Å². The maximum Gasteiger partial charge on any atom is 0.244 e. The molecule has 2 aromatic heterocycles. The molecular weight excluding hydrogens is 344 g/mol. The molecule has 1 aromatic carbocycles. The molecule has 140 valence electrons. The lowest BCUT2D eigenvalue weighted by atomic mass is 10.2. The number of ether oxygens (including phenoxy) is 2. The summed E-state index contributed by atoms with van der Waals surface area (Å²) in [6.07, 6.45) is 3.78. The van der Waals surface area contributed by atoms with Gasteiger partial charge < -0.3 is 14.0 Å². The lowest BCUT2D eigenvalue weighted by Gasteiger charge is -2.22. The van der Waals surface area contributed by atoms with Crippen LogP contribution in [0.15, 0.2) is 47.1 Å². The summed E-state index contributed by atoms with van der Waals surface area (Å²) in [5, 5.41) is 4.16. The van der Waals surface area contributed by atoms with Crippen molar-refractivity contribution in [3.63, 3.8) is 0 Å². The Morgan fingerprint density at radius 2 is 2.00 bits per heavy atom. The van der Waals surface area contributed by atoms with E-state index in [0.717, 1.165) is 30.6 Å². The highest BCUT2D eigenvalue weighted by molar-refractivity contribution is 5.53. The van der Waals surface area contributed by atoms with Crippen molar-refractivity contribution in [3.8, 4) is 22.9 Å². The maximum atomic E-state index is 5.59. The van der Waals surface area contributed by atoms with Crippen LogP contribution < -0.4 is 9.47 Å². The number of rotatable bonds is 6. The van der Waals surface area contributed by atoms with Crippen LogP contribution in [0.2, 0.25) is 0 Å². The molecule has 0 radical (unpaired) electrons. The monoisotopic (exact) mass is 366 g/mol. The van der Waals surface area contributed by atoms with Gasteiger partial charge in [0.1, 0.15) is 5.69 Å². The van der Waals surface area contributed by atoms with E-state index in [4.69, 9.17) is 14.0 Å². The van der Waals surface area contributed by atoms with Crippen molar-refractivity contribution in [3.05, 3.63) is 54.2 Å². The van der Waals surface area contributed by atoms with Crippen molar-refractivity contribution in [2.24, 2.45) is 0 Å². The Morgan fingerprint density at radius 1 is 1.15 bits per heavy atom. The summed E-state index contributed by atoms with van der Waals surface area (Å²) >= 11 is 0. The van der Waals surface area contributed by atoms with E-state index >= 15 is 0 Å². The van der Waals surface area contributed by atoms with Gasteiger partial charge in [-0.15, -0.1) is 0 Å². The van der Waals surface area contributed by atoms with Gasteiger partial charge in [-0.25, -0.2) is 0 Å². The lowest BCUT2D eigenvalue weighted by Crippen LogP contribution is -2.24. The molecule has 7 heteroatoms. The average Bonchev–Trinajstić information content (AvgIpc) is 3.37. The first-order valence-electron chi connectivity index (χ1n) is 8.99. The summed E-state index contributed by atoms with van der Waals surface area (Å²) in [5.41, 5.74) is 1.79. The second-order valence-electron chi connectivity index (χ2n) is 6.44. The first-order chi connectivity index (χ1) is 13.3. The minimum Gasteiger partial charge on any atom is -0.493 e. The molecule has 1 atom stereocenters. The van der Waals surface area contributed by atoms with E-state index < -0.39 is 0 Å². The van der Waals surface area contributed by atoms with Crippen LogP contribution in [0, 0.1) is 0 Å². The molecule has 0 unspecified atom stereocenters. The zero-order valence-electron chi connectivity index (χ0n) is 15.5. The number of hydrogen-bond acceptors (Lipinski definition) is 7. The Balaban J connectivity index is 1.56. The Kier molecular flexibility index (Phi) is 5.02. The first kappa shape index (κ1) is 17.5. The lowest BCUT2D eigenvalue weighted by molar-refractivity contribution is 0.196. The van der Waals surface area contributed by atoms with Crippen molar-refractivity contribution in [2.45, 2.75) is 25.4 Å². The fourth-order valence-electron chi connectivity index (χ4n) is 3.53. The van der Waals surface area contributed by atoms with E-state index in [0.29, 0.717) is 29.8 Å². The fraction of sp³-hybridized carbons (Fsp3) is 0.350. The van der Waals surface area contributed by atoms with E-state index in [2.05, 4.69) is 20.0 Å². The molecule has 0 spiro atoms. The molecule has 1 fully saturated rings. The predicted molar refractivity (Wildman–Crippen MR) is 99.5 cm³/mol. The Hall–Kier alpha value is -2.93. The molecule has 0 N–H and O–H groups in total. The second-order valence-corrected chi connectivity index (χ2v) is 6.44. The zero-order valence-corrected chi connectivity index (χ0v) is 15.5. The maximum absolute atomic E-state index is 5.59. The Morgan fingerprint density at radius 3 is 2.78 bits per heavy atom. The molecule has 1 aliphatic rings. The predicted octanol–water partition coefficient (Wildman–Crippen LogP) is 3.49. The third-order valence-electron chi connectivity index (χ3n) is 4.84. The van der Waals surface area contributed by atoms with Crippen LogP contribution in [-0.2, 0) is 6.54 Å². The summed E-state index contributed by atoms with van der Waals surface area (Å²) in [4.78, 5) is 11.4. The average molecular weight is 366 g/mol. The second kappa shape index (κ2) is 7.75. The summed E-state index contributed by atoms with van der Waals surface area (Å²) < 4.78 is 16.5. The van der Waals surface area contributed by atoms with Gasteiger partial charge in [-0.3, -0.25) is 9.88 Å². The van der Waals surface area contributed by atoms with E-state index in [1.165, 1.54) is 0 Å². The van der Waals surface area contributed by atoms with Crippen LogP contribution in [0.1, 0.15) is 30.5 Å². The summed E-state index contributed by atoms with van der Waals surface area (Å²) in [7, 11) is 3.26. The van der Waals surface area contributed by atoms with Gasteiger partial charge in [0.2, 0.25) is 11.7 Å². The normalized spacial score (nSPS) is 17.2. The molecule has 1 aliphatic heterocycles. The fourth-order valence-corrected chi connectivity index (χ4v) is 3.53. The van der Waals surface area contributed by atoms with Gasteiger partial charge >= 0.3 is 0 Å². The van der Waals surface area contributed by atoms with Crippen molar-refractivity contribution >= 4 is 0 Å². The van der Waals surface area contributed by atoms with Crippen molar-refractivity contribution < 1.29 is 14.0 Å². The smallest absolute Gasteiger partial charge is 0.244 e. The standard InChI is InChI=1S/C20H22N4O3/c1-25-17-10-11-21-15(18(17)26-2)13-24-12-6-9-16(24)20-22-19(23-27-20)14-7-4-3-5-8-14/h3-5,7-8,10-11,16H,6,9,12-13H2,1-2H3/t16-/m0/s1. The highest BCUT2D eigenvalue weighted by Crippen LogP contribution is 2.36. The highest BCUT2D eigenvalue weighted by Gasteiger charge is 2.32. The summed E-state index contributed by atoms with van der Waals surface area (Å²) in [6, 6.07) is 11.7. The molecule has 4 rings (SSSR count). The van der Waals surface area contributed by atoms with Crippen molar-refractivity contribution in [1.82, 2.24) is 20.0 Å². The Labute approximate surface area is 157 Å². The molecule has 0 saturated carbocycles. The molecule has 3 aromatic rings. The van der Waals surface area contributed by atoms with Crippen LogP contribution in [0.3, 0.4) is 0 Å². The van der Waals surface area contributed by atoms with Gasteiger partial charge in [0.05, 0.1) is 20.3 Å². The molecule has 1 saturated heterocycles. The van der Waals surface area contributed by atoms with E-state index in [9.17, 15) is 0 Å². The number of likely N-dealkylation sites (tertiary alicyclic amines) is 1. The van der Waals surface area contributed by atoms with Gasteiger partial charge in [0.15, 0.2) is 11.5 Å². The number of pyridine rings is 1. The van der Waals surface area contributed by atoms with Crippen LogP contribution in [0.4, 0.5) is 0 Å². The molecule has 7 nitrogen and oxygen atoms in total. The van der Waals surface area contributed by atoms with E-state index in [1.54, 1.807) is 26.5 Å². The van der Waals surface area contributed by atoms with Gasteiger partial charge in [-0.05, 0) is 19.4 Å². The third-order valence-corrected chi connectivity index (χ3v) is 4.84. The molecule has 0 bridgehead atoms. The number of hydrogen-bond donors (Lipinski definition) is 0. The molecule has 3 heterocycles. The molecular formula is C20H22N4O3. The van der Waals surface area contributed by atoms with Crippen LogP contribution in [0.5, 0.6) is 11.5 Å². The van der Waals surface area contributed by atoms with Crippen LogP contribution >= 0.6 is 0 Å². The minimum atomic E-state index is 0.0765. The van der Waals surface area contributed by atoms with Crippen molar-refractivity contribution in [1.29, 1.82) is 0 Å². The highest BCUT2D eigenvalue weighted by atomic mass is 16.5.